The number of rotatable bonds is 6. The van der Waals surface area contributed by atoms with Crippen molar-refractivity contribution in [3.8, 4) is 11.1 Å². The van der Waals surface area contributed by atoms with Crippen LogP contribution >= 0.6 is 0 Å². The van der Waals surface area contributed by atoms with Gasteiger partial charge in [-0.2, -0.15) is 4.98 Å². The lowest BCUT2D eigenvalue weighted by Gasteiger charge is -2.12. The van der Waals surface area contributed by atoms with Gasteiger partial charge in [-0.15, -0.1) is 0 Å². The average Bonchev–Trinajstić information content (AvgIpc) is 3.28. The molecule has 158 valence electrons. The van der Waals surface area contributed by atoms with Gasteiger partial charge in [0.1, 0.15) is 6.04 Å². The normalized spacial score (nSPS) is 12.0. The number of anilines is 1. The molecule has 4 rings (SSSR count). The van der Waals surface area contributed by atoms with Crippen molar-refractivity contribution in [2.75, 3.05) is 19.0 Å². The topological polar surface area (TPSA) is 97.0 Å². The van der Waals surface area contributed by atoms with E-state index in [0.717, 1.165) is 21.9 Å². The Balaban J connectivity index is 1.59. The largest absolute Gasteiger partial charge is 0.347 e. The second kappa shape index (κ2) is 8.51. The Bertz CT molecular complexity index is 1220. The van der Waals surface area contributed by atoms with Crippen molar-refractivity contribution in [3.63, 3.8) is 0 Å². The number of nitrogens with one attached hydrogen (secondary N) is 1. The molecule has 0 fully saturated rings. The molecule has 8 heteroatoms. The van der Waals surface area contributed by atoms with Crippen molar-refractivity contribution in [2.24, 2.45) is 0 Å². The molecule has 1 amide bonds. The minimum absolute atomic E-state index is 0.199. The second-order valence-electron chi connectivity index (χ2n) is 7.51. The summed E-state index contributed by atoms with van der Waals surface area (Å²) >= 11 is 0. The van der Waals surface area contributed by atoms with E-state index in [1.54, 1.807) is 0 Å². The van der Waals surface area contributed by atoms with E-state index in [-0.39, 0.29) is 11.9 Å². The van der Waals surface area contributed by atoms with Crippen LogP contribution < -0.4 is 10.2 Å². The zero-order chi connectivity index (χ0) is 22.0. The highest BCUT2D eigenvalue weighted by atomic mass is 16.5. The molecule has 2 aromatic heterocycles. The minimum Gasteiger partial charge on any atom is -0.347 e. The Hall–Kier alpha value is -3.81. The highest BCUT2D eigenvalue weighted by Crippen LogP contribution is 2.29. The molecule has 0 radical (unpaired) electrons. The Morgan fingerprint density at radius 2 is 1.94 bits per heavy atom. The van der Waals surface area contributed by atoms with E-state index in [2.05, 4.69) is 25.4 Å². The summed E-state index contributed by atoms with van der Waals surface area (Å²) in [5.41, 5.74) is 2.50. The first-order valence-electron chi connectivity index (χ1n) is 10.1. The zero-order valence-electron chi connectivity index (χ0n) is 18.0. The fourth-order valence-electron chi connectivity index (χ4n) is 3.30. The Kier molecular flexibility index (Phi) is 5.62. The quantitative estimate of drug-likeness (QED) is 0.510. The third-order valence-corrected chi connectivity index (χ3v) is 5.01. The molecule has 0 aliphatic rings. The molecule has 8 nitrogen and oxygen atoms in total. The summed E-state index contributed by atoms with van der Waals surface area (Å²) in [4.78, 5) is 27.7. The molecule has 0 aliphatic heterocycles. The number of aromatic nitrogens is 4. The van der Waals surface area contributed by atoms with E-state index in [4.69, 9.17) is 4.52 Å². The fourth-order valence-corrected chi connectivity index (χ4v) is 3.30. The highest BCUT2D eigenvalue weighted by molar-refractivity contribution is 6.02. The lowest BCUT2D eigenvalue weighted by Crippen LogP contribution is -2.26. The van der Waals surface area contributed by atoms with Crippen LogP contribution in [0.2, 0.25) is 0 Å². The molecule has 2 heterocycles. The van der Waals surface area contributed by atoms with Gasteiger partial charge < -0.3 is 14.7 Å². The molecule has 0 bridgehead atoms. The van der Waals surface area contributed by atoms with Crippen molar-refractivity contribution >= 4 is 22.6 Å². The monoisotopic (exact) mass is 416 g/mol. The molecule has 0 saturated carbocycles. The van der Waals surface area contributed by atoms with Crippen LogP contribution in [0.4, 0.5) is 5.95 Å². The van der Waals surface area contributed by atoms with Gasteiger partial charge in [0.15, 0.2) is 5.82 Å². The van der Waals surface area contributed by atoms with Gasteiger partial charge in [-0.25, -0.2) is 9.97 Å². The van der Waals surface area contributed by atoms with Crippen LogP contribution in [0.3, 0.4) is 0 Å². The van der Waals surface area contributed by atoms with Crippen LogP contribution in [0.5, 0.6) is 0 Å². The van der Waals surface area contributed by atoms with E-state index >= 15 is 0 Å². The molecule has 0 aliphatic carbocycles. The average molecular weight is 416 g/mol. The highest BCUT2D eigenvalue weighted by Gasteiger charge is 2.17. The maximum absolute atomic E-state index is 12.8. The molecular formula is C23H24N6O2. The van der Waals surface area contributed by atoms with Crippen LogP contribution in [0.15, 0.2) is 53.3 Å². The standard InChI is InChI=1S/C23H24N6O2/c1-5-20-27-22(31-28-20)14(2)26-21(30)16-9-10-19-15(11-16)7-6-8-18(19)17-12-24-23(25-13-17)29(3)4/h6-14H,5H2,1-4H3,(H,26,30). The van der Waals surface area contributed by atoms with Crippen LogP contribution in [0.25, 0.3) is 21.9 Å². The summed E-state index contributed by atoms with van der Waals surface area (Å²) in [6.45, 7) is 3.77. The SMILES string of the molecule is CCc1noc(C(C)NC(=O)c2ccc3c(-c4cnc(N(C)C)nc4)cccc3c2)n1. The number of nitrogens with zero attached hydrogens (tertiary/aromatic N) is 5. The van der Waals surface area contributed by atoms with Gasteiger partial charge in [0.05, 0.1) is 0 Å². The Labute approximate surface area is 180 Å². The molecule has 1 N–H and O–H groups in total. The summed E-state index contributed by atoms with van der Waals surface area (Å²) in [6.07, 6.45) is 4.31. The van der Waals surface area contributed by atoms with E-state index in [1.807, 2.05) is 81.6 Å². The van der Waals surface area contributed by atoms with Gasteiger partial charge >= 0.3 is 0 Å². The van der Waals surface area contributed by atoms with Crippen molar-refractivity contribution in [1.82, 2.24) is 25.4 Å². The lowest BCUT2D eigenvalue weighted by molar-refractivity contribution is 0.0932. The summed E-state index contributed by atoms with van der Waals surface area (Å²) < 4.78 is 5.22. The summed E-state index contributed by atoms with van der Waals surface area (Å²) in [5, 5.41) is 8.78. The molecule has 1 unspecified atom stereocenters. The fraction of sp³-hybridized carbons (Fsp3) is 0.261. The van der Waals surface area contributed by atoms with Crippen molar-refractivity contribution < 1.29 is 9.32 Å². The third kappa shape index (κ3) is 4.23. The van der Waals surface area contributed by atoms with Gasteiger partial charge in [0.2, 0.25) is 11.8 Å². The Morgan fingerprint density at radius 1 is 1.16 bits per heavy atom. The summed E-state index contributed by atoms with van der Waals surface area (Å²) in [5.74, 6) is 1.48. The van der Waals surface area contributed by atoms with Crippen molar-refractivity contribution in [1.29, 1.82) is 0 Å². The van der Waals surface area contributed by atoms with Crippen LogP contribution in [0.1, 0.15) is 42.0 Å². The van der Waals surface area contributed by atoms with Crippen LogP contribution in [-0.2, 0) is 6.42 Å². The number of hydrogen-bond acceptors (Lipinski definition) is 7. The maximum atomic E-state index is 12.8. The first-order chi connectivity index (χ1) is 15.0. The van der Waals surface area contributed by atoms with E-state index in [9.17, 15) is 4.79 Å². The van der Waals surface area contributed by atoms with Crippen molar-refractivity contribution in [2.45, 2.75) is 26.3 Å². The first-order valence-corrected chi connectivity index (χ1v) is 10.1. The third-order valence-electron chi connectivity index (χ3n) is 5.01. The number of carbonyl (C=O) groups excluding carboxylic acids is 1. The lowest BCUT2D eigenvalue weighted by atomic mass is 9.98. The minimum atomic E-state index is -0.380. The molecule has 0 spiro atoms. The smallest absolute Gasteiger partial charge is 0.251 e. The predicted molar refractivity (Wildman–Crippen MR) is 119 cm³/mol. The van der Waals surface area contributed by atoms with Gasteiger partial charge in [-0.05, 0) is 35.4 Å². The van der Waals surface area contributed by atoms with Crippen LogP contribution in [0, 0.1) is 0 Å². The molecule has 0 saturated heterocycles. The number of amides is 1. The summed E-state index contributed by atoms with van der Waals surface area (Å²) in [6, 6.07) is 11.2. The molecular weight excluding hydrogens is 392 g/mol. The second-order valence-corrected chi connectivity index (χ2v) is 7.51. The number of benzene rings is 2. The van der Waals surface area contributed by atoms with E-state index in [0.29, 0.717) is 29.6 Å². The molecule has 1 atom stereocenters. The Morgan fingerprint density at radius 3 is 2.61 bits per heavy atom. The number of hydrogen-bond donors (Lipinski definition) is 1. The van der Waals surface area contributed by atoms with Crippen molar-refractivity contribution in [3.05, 3.63) is 66.1 Å². The summed E-state index contributed by atoms with van der Waals surface area (Å²) in [7, 11) is 3.81. The molecule has 31 heavy (non-hydrogen) atoms. The zero-order valence-corrected chi connectivity index (χ0v) is 18.0. The maximum Gasteiger partial charge on any atom is 0.251 e. The van der Waals surface area contributed by atoms with E-state index in [1.165, 1.54) is 0 Å². The number of aryl methyl sites for hydroxylation is 1. The van der Waals surface area contributed by atoms with Gasteiger partial charge in [0.25, 0.3) is 5.91 Å². The molecule has 2 aromatic carbocycles. The van der Waals surface area contributed by atoms with Gasteiger partial charge in [-0.1, -0.05) is 36.3 Å². The number of fused-ring (bicyclic) bond motifs is 1. The first kappa shape index (κ1) is 20.5. The van der Waals surface area contributed by atoms with E-state index < -0.39 is 0 Å². The predicted octanol–water partition coefficient (Wildman–Crippen LogP) is 3.80. The van der Waals surface area contributed by atoms with Crippen LogP contribution in [-0.4, -0.2) is 40.1 Å². The van der Waals surface area contributed by atoms with Gasteiger partial charge in [0, 0.05) is 44.0 Å². The number of carbonyl (C=O) groups is 1. The molecule has 4 aromatic rings. The van der Waals surface area contributed by atoms with Gasteiger partial charge in [-0.3, -0.25) is 4.79 Å².